The van der Waals surface area contributed by atoms with Crippen molar-refractivity contribution < 1.29 is 4.79 Å². The third-order valence-electron chi connectivity index (χ3n) is 4.80. The standard InChI is InChI=1S/C20H23NOS.C7H10N2/c1-2-3-4-8-11-19(21)20(22)16-12-14-18(15-13-16)23-17-9-6-5-7-10-17;8-9-6-7-4-2-1-3-5-7/h5-7,9-10,12-15,21H,2-4,8,11H2,1H3;1-5,9H,6,8H2. The summed E-state index contributed by atoms with van der Waals surface area (Å²) in [5, 5.41) is 7.95. The van der Waals surface area contributed by atoms with Gasteiger partial charge in [-0.3, -0.25) is 16.1 Å². The summed E-state index contributed by atoms with van der Waals surface area (Å²) >= 11 is 1.67. The van der Waals surface area contributed by atoms with Crippen molar-refractivity contribution in [2.75, 3.05) is 0 Å². The summed E-state index contributed by atoms with van der Waals surface area (Å²) in [4.78, 5) is 14.5. The van der Waals surface area contributed by atoms with Gasteiger partial charge >= 0.3 is 0 Å². The number of hydrogen-bond donors (Lipinski definition) is 3. The van der Waals surface area contributed by atoms with Gasteiger partial charge in [0.25, 0.3) is 0 Å². The van der Waals surface area contributed by atoms with Crippen molar-refractivity contribution in [1.29, 1.82) is 5.41 Å². The molecule has 0 atom stereocenters. The number of hydrogen-bond acceptors (Lipinski definition) is 5. The zero-order chi connectivity index (χ0) is 23.0. The quantitative estimate of drug-likeness (QED) is 0.101. The highest BCUT2D eigenvalue weighted by molar-refractivity contribution is 7.99. The molecular formula is C27H33N3OS. The molecule has 0 aliphatic carbocycles. The van der Waals surface area contributed by atoms with Gasteiger partial charge in [-0.25, -0.2) is 0 Å². The zero-order valence-corrected chi connectivity index (χ0v) is 19.5. The fourth-order valence-corrected chi connectivity index (χ4v) is 3.87. The summed E-state index contributed by atoms with van der Waals surface area (Å²) in [5.41, 5.74) is 4.63. The molecule has 3 aromatic carbocycles. The van der Waals surface area contributed by atoms with Crippen LogP contribution in [0.15, 0.2) is 94.7 Å². The van der Waals surface area contributed by atoms with Crippen LogP contribution in [0.4, 0.5) is 0 Å². The van der Waals surface area contributed by atoms with Gasteiger partial charge in [0, 0.05) is 21.9 Å². The van der Waals surface area contributed by atoms with Crippen molar-refractivity contribution >= 4 is 23.3 Å². The van der Waals surface area contributed by atoms with E-state index < -0.39 is 0 Å². The molecule has 4 N–H and O–H groups in total. The molecule has 0 aromatic heterocycles. The van der Waals surface area contributed by atoms with E-state index in [1.165, 1.54) is 23.3 Å². The molecule has 0 aliphatic heterocycles. The summed E-state index contributed by atoms with van der Waals surface area (Å²) in [7, 11) is 0. The van der Waals surface area contributed by atoms with Gasteiger partial charge in [0.2, 0.25) is 5.78 Å². The first kappa shape index (κ1) is 25.5. The Kier molecular flexibility index (Phi) is 12.1. The highest BCUT2D eigenvalue weighted by Gasteiger charge is 2.12. The fourth-order valence-electron chi connectivity index (χ4n) is 3.03. The number of hydrazine groups is 1. The van der Waals surface area contributed by atoms with Crippen LogP contribution in [0.2, 0.25) is 0 Å². The Morgan fingerprint density at radius 3 is 2.03 bits per heavy atom. The first-order valence-electron chi connectivity index (χ1n) is 11.1. The van der Waals surface area contributed by atoms with E-state index in [1.807, 2.05) is 72.8 Å². The lowest BCUT2D eigenvalue weighted by atomic mass is 10.0. The van der Waals surface area contributed by atoms with Gasteiger partial charge < -0.3 is 5.41 Å². The molecule has 0 heterocycles. The van der Waals surface area contributed by atoms with Crippen molar-refractivity contribution in [3.05, 3.63) is 96.1 Å². The van der Waals surface area contributed by atoms with E-state index in [4.69, 9.17) is 11.3 Å². The number of rotatable bonds is 11. The number of carbonyl (C=O) groups excluding carboxylic acids is 1. The first-order valence-corrected chi connectivity index (χ1v) is 11.9. The van der Waals surface area contributed by atoms with E-state index in [9.17, 15) is 4.79 Å². The SMILES string of the molecule is CCCCCCC(=N)C(=O)c1ccc(Sc2ccccc2)cc1.NNCc1ccccc1. The van der Waals surface area contributed by atoms with E-state index in [0.717, 1.165) is 24.3 Å². The summed E-state index contributed by atoms with van der Waals surface area (Å²) in [5.74, 6) is 4.97. The van der Waals surface area contributed by atoms with E-state index in [2.05, 4.69) is 24.5 Å². The topological polar surface area (TPSA) is 79.0 Å². The average Bonchev–Trinajstić information content (AvgIpc) is 2.84. The van der Waals surface area contributed by atoms with Crippen molar-refractivity contribution in [2.24, 2.45) is 5.84 Å². The summed E-state index contributed by atoms with van der Waals surface area (Å²) in [6, 6.07) is 27.7. The number of Topliss-reactive ketones (excluding diaryl/α,β-unsaturated/α-hetero) is 1. The Labute approximate surface area is 196 Å². The van der Waals surface area contributed by atoms with Gasteiger partial charge in [-0.2, -0.15) is 0 Å². The maximum absolute atomic E-state index is 12.2. The van der Waals surface area contributed by atoms with Crippen molar-refractivity contribution in [3.8, 4) is 0 Å². The molecule has 0 fully saturated rings. The molecule has 0 bridgehead atoms. The van der Waals surface area contributed by atoms with Gasteiger partial charge in [0.05, 0.1) is 5.71 Å². The minimum absolute atomic E-state index is 0.141. The van der Waals surface area contributed by atoms with Gasteiger partial charge in [0.1, 0.15) is 0 Å². The van der Waals surface area contributed by atoms with Crippen LogP contribution in [0, 0.1) is 5.41 Å². The van der Waals surface area contributed by atoms with Crippen LogP contribution in [0.3, 0.4) is 0 Å². The van der Waals surface area contributed by atoms with Crippen molar-refractivity contribution in [3.63, 3.8) is 0 Å². The smallest absolute Gasteiger partial charge is 0.206 e. The second kappa shape index (κ2) is 15.1. The number of carbonyl (C=O) groups is 1. The molecule has 5 heteroatoms. The predicted molar refractivity (Wildman–Crippen MR) is 135 cm³/mol. The lowest BCUT2D eigenvalue weighted by Crippen LogP contribution is -2.20. The highest BCUT2D eigenvalue weighted by atomic mass is 32.2. The van der Waals surface area contributed by atoms with Crippen LogP contribution in [0.25, 0.3) is 0 Å². The lowest BCUT2D eigenvalue weighted by Gasteiger charge is -2.05. The molecule has 0 radical (unpaired) electrons. The van der Waals surface area contributed by atoms with Gasteiger partial charge in [-0.05, 0) is 54.8 Å². The molecule has 3 aromatic rings. The van der Waals surface area contributed by atoms with Crippen molar-refractivity contribution in [2.45, 2.75) is 55.4 Å². The zero-order valence-electron chi connectivity index (χ0n) is 18.7. The van der Waals surface area contributed by atoms with Crippen LogP contribution >= 0.6 is 11.8 Å². The third-order valence-corrected chi connectivity index (χ3v) is 5.81. The largest absolute Gasteiger partial charge is 0.301 e. The van der Waals surface area contributed by atoms with Crippen molar-refractivity contribution in [1.82, 2.24) is 5.43 Å². The van der Waals surface area contributed by atoms with Crippen LogP contribution in [-0.2, 0) is 6.54 Å². The third kappa shape index (κ3) is 9.60. The molecule has 0 saturated heterocycles. The molecule has 3 rings (SSSR count). The fraction of sp³-hybridized carbons (Fsp3) is 0.259. The molecule has 32 heavy (non-hydrogen) atoms. The van der Waals surface area contributed by atoms with E-state index in [0.29, 0.717) is 12.0 Å². The summed E-state index contributed by atoms with van der Waals surface area (Å²) < 4.78 is 0. The molecule has 0 aliphatic rings. The van der Waals surface area contributed by atoms with E-state index >= 15 is 0 Å². The predicted octanol–water partition coefficient (Wildman–Crippen LogP) is 6.66. The number of ketones is 1. The van der Waals surface area contributed by atoms with Gasteiger partial charge in [-0.1, -0.05) is 86.5 Å². The molecule has 0 spiro atoms. The maximum Gasteiger partial charge on any atom is 0.206 e. The second-order valence-electron chi connectivity index (χ2n) is 7.42. The minimum atomic E-state index is -0.141. The lowest BCUT2D eigenvalue weighted by molar-refractivity contribution is 0.106. The Balaban J connectivity index is 0.000000336. The Morgan fingerprint density at radius 1 is 0.844 bits per heavy atom. The number of unbranched alkanes of at least 4 members (excludes halogenated alkanes) is 3. The summed E-state index contributed by atoms with van der Waals surface area (Å²) in [6.45, 7) is 2.90. The van der Waals surface area contributed by atoms with Gasteiger partial charge in [-0.15, -0.1) is 0 Å². The van der Waals surface area contributed by atoms with Crippen LogP contribution in [0.1, 0.15) is 54.9 Å². The van der Waals surface area contributed by atoms with Crippen LogP contribution < -0.4 is 11.3 Å². The Bertz CT molecular complexity index is 928. The molecule has 4 nitrogen and oxygen atoms in total. The maximum atomic E-state index is 12.2. The number of nitrogens with one attached hydrogen (secondary N) is 2. The number of nitrogens with two attached hydrogens (primary N) is 1. The second-order valence-corrected chi connectivity index (χ2v) is 8.57. The molecule has 0 saturated carbocycles. The Hall–Kier alpha value is -2.73. The highest BCUT2D eigenvalue weighted by Crippen LogP contribution is 2.27. The van der Waals surface area contributed by atoms with Gasteiger partial charge in [0.15, 0.2) is 0 Å². The molecule has 0 amide bonds. The molecular weight excluding hydrogens is 414 g/mol. The average molecular weight is 448 g/mol. The first-order chi connectivity index (χ1) is 15.6. The van der Waals surface area contributed by atoms with E-state index in [-0.39, 0.29) is 11.5 Å². The van der Waals surface area contributed by atoms with Crippen LogP contribution in [0.5, 0.6) is 0 Å². The molecule has 0 unspecified atom stereocenters. The van der Waals surface area contributed by atoms with E-state index in [1.54, 1.807) is 11.8 Å². The monoisotopic (exact) mass is 447 g/mol. The Morgan fingerprint density at radius 2 is 1.44 bits per heavy atom. The molecule has 168 valence electrons. The minimum Gasteiger partial charge on any atom is -0.301 e. The normalized spacial score (nSPS) is 10.2. The summed E-state index contributed by atoms with van der Waals surface area (Å²) in [6.07, 6.45) is 4.95. The van der Waals surface area contributed by atoms with Crippen LogP contribution in [-0.4, -0.2) is 11.5 Å². The number of benzene rings is 3.